The predicted octanol–water partition coefficient (Wildman–Crippen LogP) is 1.78. The number of amides is 3. The van der Waals surface area contributed by atoms with E-state index in [-0.39, 0.29) is 19.6 Å². The second-order valence-corrected chi connectivity index (χ2v) is 6.40. The van der Waals surface area contributed by atoms with Gasteiger partial charge in [0.1, 0.15) is 11.4 Å². The van der Waals surface area contributed by atoms with Crippen molar-refractivity contribution in [3.05, 3.63) is 29.3 Å². The fourth-order valence-electron chi connectivity index (χ4n) is 1.54. The van der Waals surface area contributed by atoms with E-state index in [2.05, 4.69) is 16.2 Å². The summed E-state index contributed by atoms with van der Waals surface area (Å²) in [7, 11) is 0. The molecular weight excluding hydrogens is 350 g/mol. The first-order valence-corrected chi connectivity index (χ1v) is 7.97. The third-order valence-electron chi connectivity index (χ3n) is 2.56. The highest BCUT2D eigenvalue weighted by Gasteiger charge is 2.16. The van der Waals surface area contributed by atoms with Crippen molar-refractivity contribution in [2.75, 3.05) is 13.2 Å². The SMILES string of the molecule is CC(C)(C)OC(=O)NCCC(=O)NNC(=O)COc1ccccc1Cl. The lowest BCUT2D eigenvalue weighted by molar-refractivity contribution is -0.129. The van der Waals surface area contributed by atoms with E-state index in [4.69, 9.17) is 21.1 Å². The van der Waals surface area contributed by atoms with Crippen LogP contribution in [0.4, 0.5) is 4.79 Å². The number of halogens is 1. The van der Waals surface area contributed by atoms with Crippen LogP contribution in [-0.2, 0) is 14.3 Å². The molecule has 3 N–H and O–H groups in total. The molecule has 1 aromatic carbocycles. The summed E-state index contributed by atoms with van der Waals surface area (Å²) in [6.45, 7) is 4.98. The molecule has 0 unspecified atom stereocenters. The predicted molar refractivity (Wildman–Crippen MR) is 92.1 cm³/mol. The smallest absolute Gasteiger partial charge is 0.407 e. The van der Waals surface area contributed by atoms with E-state index in [0.717, 1.165) is 0 Å². The van der Waals surface area contributed by atoms with E-state index in [1.807, 2.05) is 0 Å². The number of hydrogen-bond donors (Lipinski definition) is 3. The summed E-state index contributed by atoms with van der Waals surface area (Å²) in [5, 5.41) is 2.82. The number of hydrogen-bond acceptors (Lipinski definition) is 5. The summed E-state index contributed by atoms with van der Waals surface area (Å²) in [4.78, 5) is 34.5. The molecule has 0 spiro atoms. The largest absolute Gasteiger partial charge is 0.482 e. The van der Waals surface area contributed by atoms with Crippen LogP contribution in [0.5, 0.6) is 5.75 Å². The third kappa shape index (κ3) is 9.41. The van der Waals surface area contributed by atoms with Crippen LogP contribution >= 0.6 is 11.6 Å². The molecule has 3 amide bonds. The van der Waals surface area contributed by atoms with Crippen LogP contribution in [0.3, 0.4) is 0 Å². The first-order valence-electron chi connectivity index (χ1n) is 7.59. The number of carbonyl (C=O) groups excluding carboxylic acids is 3. The van der Waals surface area contributed by atoms with Crippen molar-refractivity contribution >= 4 is 29.5 Å². The molecule has 138 valence electrons. The van der Waals surface area contributed by atoms with Gasteiger partial charge in [-0.05, 0) is 32.9 Å². The molecule has 0 radical (unpaired) electrons. The normalized spacial score (nSPS) is 10.6. The van der Waals surface area contributed by atoms with Crippen molar-refractivity contribution in [1.29, 1.82) is 0 Å². The molecule has 0 aliphatic carbocycles. The Morgan fingerprint density at radius 3 is 2.36 bits per heavy atom. The topological polar surface area (TPSA) is 106 Å². The van der Waals surface area contributed by atoms with E-state index in [9.17, 15) is 14.4 Å². The Hall–Kier alpha value is -2.48. The zero-order chi connectivity index (χ0) is 18.9. The van der Waals surface area contributed by atoms with Crippen molar-refractivity contribution in [2.24, 2.45) is 0 Å². The van der Waals surface area contributed by atoms with Gasteiger partial charge in [-0.2, -0.15) is 0 Å². The highest BCUT2D eigenvalue weighted by atomic mass is 35.5. The Kier molecular flexibility index (Phi) is 8.00. The van der Waals surface area contributed by atoms with Gasteiger partial charge in [0.25, 0.3) is 5.91 Å². The zero-order valence-electron chi connectivity index (χ0n) is 14.3. The average Bonchev–Trinajstić information content (AvgIpc) is 2.50. The Balaban J connectivity index is 2.18. The lowest BCUT2D eigenvalue weighted by Crippen LogP contribution is -2.45. The number of alkyl carbamates (subject to hydrolysis) is 1. The molecule has 1 aromatic rings. The second-order valence-electron chi connectivity index (χ2n) is 5.99. The number of rotatable bonds is 6. The van der Waals surface area contributed by atoms with Crippen LogP contribution in [0.15, 0.2) is 24.3 Å². The standard InChI is InChI=1S/C16H22ClN3O5/c1-16(2,3)25-15(23)18-9-8-13(21)19-20-14(22)10-24-12-7-5-4-6-11(12)17/h4-7H,8-10H2,1-3H3,(H,18,23)(H,19,21)(H,20,22). The van der Waals surface area contributed by atoms with Gasteiger partial charge in [0.15, 0.2) is 6.61 Å². The third-order valence-corrected chi connectivity index (χ3v) is 2.87. The van der Waals surface area contributed by atoms with Gasteiger partial charge in [-0.15, -0.1) is 0 Å². The van der Waals surface area contributed by atoms with Gasteiger partial charge in [0.05, 0.1) is 5.02 Å². The number of ether oxygens (including phenoxy) is 2. The van der Waals surface area contributed by atoms with Gasteiger partial charge >= 0.3 is 6.09 Å². The Morgan fingerprint density at radius 1 is 1.08 bits per heavy atom. The molecule has 0 saturated heterocycles. The molecule has 0 atom stereocenters. The number of benzene rings is 1. The summed E-state index contributed by atoms with van der Waals surface area (Å²) < 4.78 is 10.2. The van der Waals surface area contributed by atoms with E-state index in [0.29, 0.717) is 10.8 Å². The summed E-state index contributed by atoms with van der Waals surface area (Å²) >= 11 is 5.89. The van der Waals surface area contributed by atoms with Crippen LogP contribution in [0, 0.1) is 0 Å². The summed E-state index contributed by atoms with van der Waals surface area (Å²) in [5.41, 5.74) is 3.80. The van der Waals surface area contributed by atoms with E-state index >= 15 is 0 Å². The minimum absolute atomic E-state index is 0.0229. The molecule has 1 rings (SSSR count). The highest BCUT2D eigenvalue weighted by Crippen LogP contribution is 2.22. The zero-order valence-corrected chi connectivity index (χ0v) is 15.1. The Morgan fingerprint density at radius 2 is 1.72 bits per heavy atom. The maximum absolute atomic E-state index is 11.6. The van der Waals surface area contributed by atoms with Crippen LogP contribution in [0.1, 0.15) is 27.2 Å². The molecule has 8 nitrogen and oxygen atoms in total. The van der Waals surface area contributed by atoms with Gasteiger partial charge in [-0.3, -0.25) is 20.4 Å². The molecule has 0 aliphatic rings. The van der Waals surface area contributed by atoms with Gasteiger partial charge in [-0.25, -0.2) is 4.79 Å². The van der Waals surface area contributed by atoms with Crippen LogP contribution in [-0.4, -0.2) is 36.7 Å². The van der Waals surface area contributed by atoms with E-state index < -0.39 is 23.5 Å². The van der Waals surface area contributed by atoms with Gasteiger partial charge in [0, 0.05) is 13.0 Å². The van der Waals surface area contributed by atoms with Crippen molar-refractivity contribution in [1.82, 2.24) is 16.2 Å². The lowest BCUT2D eigenvalue weighted by Gasteiger charge is -2.19. The molecule has 0 fully saturated rings. The molecule has 0 heterocycles. The molecule has 0 aliphatic heterocycles. The van der Waals surface area contributed by atoms with E-state index in [1.54, 1.807) is 45.0 Å². The minimum Gasteiger partial charge on any atom is -0.482 e. The lowest BCUT2D eigenvalue weighted by atomic mass is 10.2. The first kappa shape index (κ1) is 20.6. The van der Waals surface area contributed by atoms with Crippen LogP contribution in [0.25, 0.3) is 0 Å². The number of hydrazine groups is 1. The summed E-state index contributed by atoms with van der Waals surface area (Å²) in [6, 6.07) is 6.71. The van der Waals surface area contributed by atoms with Crippen LogP contribution < -0.4 is 20.9 Å². The van der Waals surface area contributed by atoms with Crippen molar-refractivity contribution in [3.63, 3.8) is 0 Å². The summed E-state index contributed by atoms with van der Waals surface area (Å²) in [5.74, 6) is -0.650. The van der Waals surface area contributed by atoms with Crippen molar-refractivity contribution in [3.8, 4) is 5.75 Å². The fraction of sp³-hybridized carbons (Fsp3) is 0.438. The molecular formula is C16H22ClN3O5. The Bertz CT molecular complexity index is 616. The fourth-order valence-corrected chi connectivity index (χ4v) is 1.73. The van der Waals surface area contributed by atoms with Gasteiger partial charge < -0.3 is 14.8 Å². The molecule has 0 saturated carbocycles. The number of nitrogens with one attached hydrogen (secondary N) is 3. The van der Waals surface area contributed by atoms with Crippen molar-refractivity contribution < 1.29 is 23.9 Å². The molecule has 0 bridgehead atoms. The van der Waals surface area contributed by atoms with E-state index in [1.165, 1.54) is 0 Å². The first-order chi connectivity index (χ1) is 11.7. The molecule has 0 aromatic heterocycles. The van der Waals surface area contributed by atoms with Gasteiger partial charge in [-0.1, -0.05) is 23.7 Å². The quantitative estimate of drug-likeness (QED) is 0.661. The Labute approximate surface area is 151 Å². The summed E-state index contributed by atoms with van der Waals surface area (Å²) in [6.07, 6.45) is -0.636. The molecule has 25 heavy (non-hydrogen) atoms. The van der Waals surface area contributed by atoms with Crippen LogP contribution in [0.2, 0.25) is 5.02 Å². The maximum Gasteiger partial charge on any atom is 0.407 e. The monoisotopic (exact) mass is 371 g/mol. The maximum atomic E-state index is 11.6. The number of para-hydroxylation sites is 1. The van der Waals surface area contributed by atoms with Crippen molar-refractivity contribution in [2.45, 2.75) is 32.8 Å². The average molecular weight is 372 g/mol. The second kappa shape index (κ2) is 9.73. The van der Waals surface area contributed by atoms with Gasteiger partial charge in [0.2, 0.25) is 5.91 Å². The number of carbonyl (C=O) groups is 3. The highest BCUT2D eigenvalue weighted by molar-refractivity contribution is 6.32. The minimum atomic E-state index is -0.613. The molecule has 9 heteroatoms.